The zero-order chi connectivity index (χ0) is 37.3. The van der Waals surface area contributed by atoms with Crippen molar-refractivity contribution in [3.05, 3.63) is 119 Å². The third kappa shape index (κ3) is 9.13. The van der Waals surface area contributed by atoms with E-state index in [1.807, 2.05) is 49.4 Å². The zero-order valence-corrected chi connectivity index (χ0v) is 29.9. The second-order valence-corrected chi connectivity index (χ2v) is 13.5. The number of nitrogens with two attached hydrogens (primary N) is 1. The topological polar surface area (TPSA) is 125 Å². The molecule has 0 saturated carbocycles. The molecule has 1 aliphatic rings. The van der Waals surface area contributed by atoms with Crippen LogP contribution in [0.5, 0.6) is 0 Å². The van der Waals surface area contributed by atoms with E-state index in [-0.39, 0.29) is 32.5 Å². The Morgan fingerprint density at radius 3 is 2.33 bits per heavy atom. The van der Waals surface area contributed by atoms with E-state index in [0.717, 1.165) is 16.3 Å². The molecule has 4 amide bonds. The SMILES string of the molecule is CCCC1C(=O)N([C@@](CC(=O)NCCF)(NC(=O)CCc2ccc3ccccc3c2)c2ccc(Cl)cc2)CCN1C(=O)C(N)Cc1ccc(F)cc1. The fourth-order valence-electron chi connectivity index (χ4n) is 6.85. The van der Waals surface area contributed by atoms with Gasteiger partial charge in [0.2, 0.25) is 23.6 Å². The predicted molar refractivity (Wildman–Crippen MR) is 197 cm³/mol. The molecule has 1 saturated heterocycles. The van der Waals surface area contributed by atoms with E-state index in [1.165, 1.54) is 21.9 Å². The van der Waals surface area contributed by atoms with Crippen LogP contribution in [0, 0.1) is 5.82 Å². The van der Waals surface area contributed by atoms with Crippen molar-refractivity contribution in [3.63, 3.8) is 0 Å². The summed E-state index contributed by atoms with van der Waals surface area (Å²) in [6, 6.07) is 24.2. The first-order valence-corrected chi connectivity index (χ1v) is 17.9. The molecule has 0 radical (unpaired) electrons. The molecule has 1 aliphatic heterocycles. The van der Waals surface area contributed by atoms with Crippen LogP contribution in [0.2, 0.25) is 5.02 Å². The number of amides is 4. The molecule has 4 N–H and O–H groups in total. The lowest BCUT2D eigenvalue weighted by Gasteiger charge is -2.50. The molecule has 1 fully saturated rings. The Morgan fingerprint density at radius 1 is 0.942 bits per heavy atom. The van der Waals surface area contributed by atoms with Gasteiger partial charge in [-0.3, -0.25) is 19.2 Å². The summed E-state index contributed by atoms with van der Waals surface area (Å²) in [6.45, 7) is 0.873. The van der Waals surface area contributed by atoms with Crippen molar-refractivity contribution >= 4 is 46.0 Å². The number of carbonyl (C=O) groups excluding carboxylic acids is 4. The highest BCUT2D eigenvalue weighted by molar-refractivity contribution is 6.30. The number of carbonyl (C=O) groups is 4. The van der Waals surface area contributed by atoms with Crippen molar-refractivity contribution in [3.8, 4) is 0 Å². The van der Waals surface area contributed by atoms with E-state index < -0.39 is 60.3 Å². The molecule has 0 spiro atoms. The summed E-state index contributed by atoms with van der Waals surface area (Å²) < 4.78 is 26.7. The lowest BCUT2D eigenvalue weighted by atomic mass is 9.89. The van der Waals surface area contributed by atoms with E-state index in [0.29, 0.717) is 35.4 Å². The molecule has 52 heavy (non-hydrogen) atoms. The number of alkyl halides is 1. The minimum atomic E-state index is -1.71. The monoisotopic (exact) mass is 731 g/mol. The molecule has 274 valence electrons. The number of nitrogens with zero attached hydrogens (tertiary/aromatic N) is 2. The standard InChI is InChI=1S/C40H44ClF2N5O4/c1-2-5-35-39(52)48(23-22-47(35)38(51)34(44)25-28-9-17-33(43)18-10-28)40(26-37(50)45-21-20-42,31-13-15-32(41)16-14-31)46-36(49)19-11-27-8-12-29-6-3-4-7-30(29)24-27/h3-4,6-10,12-18,24,34-35H,2,5,11,19-23,25-26,44H2,1H3,(H,45,50)(H,46,49)/t34?,35?,40-/m1/s1. The molecule has 4 aromatic rings. The molecule has 4 aromatic carbocycles. The second-order valence-electron chi connectivity index (χ2n) is 13.1. The van der Waals surface area contributed by atoms with E-state index in [2.05, 4.69) is 10.6 Å². The van der Waals surface area contributed by atoms with Crippen molar-refractivity contribution in [2.75, 3.05) is 26.3 Å². The summed E-state index contributed by atoms with van der Waals surface area (Å²) in [5.41, 5.74) is 6.70. The Kier molecular flexibility index (Phi) is 13.0. The Bertz CT molecular complexity index is 1880. The van der Waals surface area contributed by atoms with Crippen LogP contribution in [-0.2, 0) is 37.7 Å². The van der Waals surface area contributed by atoms with Gasteiger partial charge in [-0.2, -0.15) is 0 Å². The minimum absolute atomic E-state index is 0.0436. The molecule has 1 heterocycles. The summed E-state index contributed by atoms with van der Waals surface area (Å²) in [4.78, 5) is 58.9. The maximum absolute atomic E-state index is 14.7. The van der Waals surface area contributed by atoms with Gasteiger partial charge in [0.15, 0.2) is 5.66 Å². The number of hydrogen-bond acceptors (Lipinski definition) is 5. The summed E-state index contributed by atoms with van der Waals surface area (Å²) in [6.07, 6.45) is 1.00. The number of aryl methyl sites for hydroxylation is 1. The molecular formula is C40H44ClF2N5O4. The highest BCUT2D eigenvalue weighted by atomic mass is 35.5. The van der Waals surface area contributed by atoms with Crippen LogP contribution in [0.4, 0.5) is 8.78 Å². The van der Waals surface area contributed by atoms with Crippen LogP contribution in [0.3, 0.4) is 0 Å². The predicted octanol–water partition coefficient (Wildman–Crippen LogP) is 5.42. The van der Waals surface area contributed by atoms with Crippen molar-refractivity contribution in [1.29, 1.82) is 0 Å². The number of benzene rings is 4. The molecule has 9 nitrogen and oxygen atoms in total. The molecule has 12 heteroatoms. The molecule has 0 aromatic heterocycles. The van der Waals surface area contributed by atoms with Gasteiger partial charge in [-0.05, 0) is 71.0 Å². The maximum atomic E-state index is 14.7. The van der Waals surface area contributed by atoms with Crippen LogP contribution in [0.1, 0.15) is 49.3 Å². The molecular weight excluding hydrogens is 688 g/mol. The van der Waals surface area contributed by atoms with E-state index in [1.54, 1.807) is 36.4 Å². The highest BCUT2D eigenvalue weighted by Crippen LogP contribution is 2.35. The van der Waals surface area contributed by atoms with Crippen LogP contribution >= 0.6 is 11.6 Å². The number of fused-ring (bicyclic) bond motifs is 1. The third-order valence-corrected chi connectivity index (χ3v) is 9.69. The van der Waals surface area contributed by atoms with Gasteiger partial charge in [0.05, 0.1) is 12.5 Å². The Balaban J connectivity index is 1.47. The zero-order valence-electron chi connectivity index (χ0n) is 29.1. The maximum Gasteiger partial charge on any atom is 0.247 e. The fourth-order valence-corrected chi connectivity index (χ4v) is 6.97. The van der Waals surface area contributed by atoms with Gasteiger partial charge in [0, 0.05) is 31.1 Å². The molecule has 0 aliphatic carbocycles. The number of piperazine rings is 1. The normalized spacial score (nSPS) is 16.3. The van der Waals surface area contributed by atoms with E-state index >= 15 is 0 Å². The lowest BCUT2D eigenvalue weighted by Crippen LogP contribution is -2.70. The van der Waals surface area contributed by atoms with Gasteiger partial charge in [0.1, 0.15) is 18.5 Å². The Morgan fingerprint density at radius 2 is 1.63 bits per heavy atom. The quantitative estimate of drug-likeness (QED) is 0.151. The second kappa shape index (κ2) is 17.6. The summed E-state index contributed by atoms with van der Waals surface area (Å²) in [5, 5.41) is 8.12. The number of nitrogens with one attached hydrogen (secondary N) is 2. The van der Waals surface area contributed by atoms with Gasteiger partial charge in [0.25, 0.3) is 0 Å². The number of rotatable bonds is 15. The summed E-state index contributed by atoms with van der Waals surface area (Å²) in [7, 11) is 0. The minimum Gasteiger partial charge on any atom is -0.353 e. The Labute approximate surface area is 307 Å². The van der Waals surface area contributed by atoms with E-state index in [9.17, 15) is 28.0 Å². The van der Waals surface area contributed by atoms with Crippen LogP contribution < -0.4 is 16.4 Å². The van der Waals surface area contributed by atoms with Crippen molar-refractivity contribution in [1.82, 2.24) is 20.4 Å². The third-order valence-electron chi connectivity index (χ3n) is 9.44. The van der Waals surface area contributed by atoms with Gasteiger partial charge >= 0.3 is 0 Å². The molecule has 0 bridgehead atoms. The summed E-state index contributed by atoms with van der Waals surface area (Å²) >= 11 is 6.27. The van der Waals surface area contributed by atoms with Gasteiger partial charge in [-0.1, -0.05) is 91.7 Å². The molecule has 2 unspecified atom stereocenters. The average Bonchev–Trinajstić information content (AvgIpc) is 3.14. The highest BCUT2D eigenvalue weighted by Gasteiger charge is 2.50. The van der Waals surface area contributed by atoms with Gasteiger partial charge in [-0.15, -0.1) is 0 Å². The number of hydrogen-bond donors (Lipinski definition) is 3. The lowest BCUT2D eigenvalue weighted by molar-refractivity contribution is -0.163. The van der Waals surface area contributed by atoms with Crippen molar-refractivity contribution in [2.45, 2.75) is 63.2 Å². The van der Waals surface area contributed by atoms with E-state index in [4.69, 9.17) is 17.3 Å². The first-order chi connectivity index (χ1) is 25.0. The van der Waals surface area contributed by atoms with Crippen LogP contribution in [-0.4, -0.2) is 71.8 Å². The first kappa shape index (κ1) is 38.4. The summed E-state index contributed by atoms with van der Waals surface area (Å²) in [5.74, 6) is -2.31. The fraction of sp³-hybridized carbons (Fsp3) is 0.350. The van der Waals surface area contributed by atoms with Gasteiger partial charge < -0.3 is 26.2 Å². The van der Waals surface area contributed by atoms with Gasteiger partial charge in [-0.25, -0.2) is 8.78 Å². The van der Waals surface area contributed by atoms with Crippen LogP contribution in [0.15, 0.2) is 91.0 Å². The molecule has 5 rings (SSSR count). The number of halogens is 3. The average molecular weight is 732 g/mol. The molecule has 3 atom stereocenters. The van der Waals surface area contributed by atoms with Crippen LogP contribution in [0.25, 0.3) is 10.8 Å². The Hall–Kier alpha value is -4.87. The smallest absolute Gasteiger partial charge is 0.247 e. The van der Waals surface area contributed by atoms with Crippen molar-refractivity contribution < 1.29 is 28.0 Å². The first-order valence-electron chi connectivity index (χ1n) is 17.5. The largest absolute Gasteiger partial charge is 0.353 e. The van der Waals surface area contributed by atoms with Crippen molar-refractivity contribution in [2.24, 2.45) is 5.73 Å².